The van der Waals surface area contributed by atoms with Crippen LogP contribution < -0.4 is 10.8 Å². The third-order valence-corrected chi connectivity index (χ3v) is 5.21. The van der Waals surface area contributed by atoms with E-state index in [1.165, 1.54) is 5.56 Å². The van der Waals surface area contributed by atoms with E-state index in [2.05, 4.69) is 49.9 Å². The number of hydrogen-bond acceptors (Lipinski definition) is 2. The zero-order valence-corrected chi connectivity index (χ0v) is 17.5. The van der Waals surface area contributed by atoms with E-state index < -0.39 is 11.9 Å². The van der Waals surface area contributed by atoms with Crippen LogP contribution in [0.4, 0.5) is 0 Å². The molecule has 3 aromatic rings. The van der Waals surface area contributed by atoms with Gasteiger partial charge in [-0.1, -0.05) is 106 Å². The van der Waals surface area contributed by atoms with E-state index in [0.29, 0.717) is 11.8 Å². The Morgan fingerprint density at radius 2 is 1.24 bits per heavy atom. The normalized spacial score (nSPS) is 12.6. The van der Waals surface area contributed by atoms with E-state index in [1.54, 1.807) is 6.92 Å². The summed E-state index contributed by atoms with van der Waals surface area (Å²) in [5, 5.41) is 10.7. The molecule has 2 atom stereocenters. The Kier molecular flexibility index (Phi) is 8.63. The van der Waals surface area contributed by atoms with Crippen molar-refractivity contribution in [3.8, 4) is 11.1 Å². The molecule has 0 radical (unpaired) electrons. The van der Waals surface area contributed by atoms with Gasteiger partial charge in [0.15, 0.2) is 0 Å². The van der Waals surface area contributed by atoms with Crippen LogP contribution in [-0.4, -0.2) is 12.5 Å². The summed E-state index contributed by atoms with van der Waals surface area (Å²) in [5.74, 6) is -0.312. The lowest BCUT2D eigenvalue weighted by molar-refractivity contribution is -0.374. The minimum atomic E-state index is -1.04. The molecule has 0 saturated heterocycles. The van der Waals surface area contributed by atoms with Gasteiger partial charge >= 0.3 is 0 Å². The number of benzene rings is 3. The van der Waals surface area contributed by atoms with Gasteiger partial charge in [-0.25, -0.2) is 0 Å². The van der Waals surface area contributed by atoms with Gasteiger partial charge in [0, 0.05) is 17.8 Å². The second-order valence-electron chi connectivity index (χ2n) is 7.58. The maximum atomic E-state index is 10.7. The standard InChI is InChI=1S/C15H14O2.C11H17N/c1-11(15(16)17)12-7-9-14(10-8-12)13-5-3-2-4-6-13;1-9(2)11(8-12)10-6-4-3-5-7-10/h2-11H,1H3,(H,16,17);3-7,9,11H,8,12H2,1-2H3/t2*11-/m11/s1. The van der Waals surface area contributed by atoms with Crippen molar-refractivity contribution < 1.29 is 15.6 Å². The number of hydrogen-bond donors (Lipinski definition) is 1. The number of carbonyl (C=O) groups excluding carboxylic acids is 1. The number of aliphatic carboxylic acids is 1. The van der Waals surface area contributed by atoms with Crippen molar-refractivity contribution in [1.82, 2.24) is 0 Å². The van der Waals surface area contributed by atoms with Crippen LogP contribution in [0.25, 0.3) is 11.1 Å². The third-order valence-electron chi connectivity index (χ3n) is 5.21. The van der Waals surface area contributed by atoms with Gasteiger partial charge < -0.3 is 15.6 Å². The number of carboxylic acid groups (broad SMARTS) is 1. The first kappa shape index (κ1) is 22.4. The van der Waals surface area contributed by atoms with Crippen molar-refractivity contribution in [3.05, 3.63) is 96.1 Å². The molecule has 0 spiro atoms. The average molecular weight is 390 g/mol. The molecule has 0 heterocycles. The Morgan fingerprint density at radius 3 is 1.69 bits per heavy atom. The Hall–Kier alpha value is -2.91. The first-order valence-electron chi connectivity index (χ1n) is 10.1. The summed E-state index contributed by atoms with van der Waals surface area (Å²) in [6, 6.07) is 28.2. The molecule has 3 nitrogen and oxygen atoms in total. The molecule has 0 aliphatic heterocycles. The molecule has 0 aliphatic rings. The SMILES string of the molecule is CC(C)[C@@H](C[NH3+])c1ccccc1.C[C@@H](C(=O)[O-])c1ccc(-c2ccccc2)cc1. The summed E-state index contributed by atoms with van der Waals surface area (Å²) < 4.78 is 0. The van der Waals surface area contributed by atoms with Crippen LogP contribution in [0.1, 0.15) is 43.7 Å². The predicted octanol–water partition coefficient (Wildman–Crippen LogP) is 3.88. The van der Waals surface area contributed by atoms with Gasteiger partial charge in [0.05, 0.1) is 6.54 Å². The summed E-state index contributed by atoms with van der Waals surface area (Å²) >= 11 is 0. The molecule has 0 unspecified atom stereocenters. The van der Waals surface area contributed by atoms with Crippen LogP contribution in [0.15, 0.2) is 84.9 Å². The van der Waals surface area contributed by atoms with E-state index in [-0.39, 0.29) is 0 Å². The van der Waals surface area contributed by atoms with Crippen molar-refractivity contribution in [3.63, 3.8) is 0 Å². The Morgan fingerprint density at radius 1 is 0.759 bits per heavy atom. The van der Waals surface area contributed by atoms with E-state index >= 15 is 0 Å². The second kappa shape index (κ2) is 11.2. The van der Waals surface area contributed by atoms with Gasteiger partial charge in [0.1, 0.15) is 0 Å². The molecule has 0 saturated carbocycles. The first-order chi connectivity index (χ1) is 13.9. The number of rotatable bonds is 6. The van der Waals surface area contributed by atoms with Crippen molar-refractivity contribution in [1.29, 1.82) is 0 Å². The molecule has 3 rings (SSSR count). The van der Waals surface area contributed by atoms with Crippen LogP contribution in [0.5, 0.6) is 0 Å². The topological polar surface area (TPSA) is 67.8 Å². The van der Waals surface area contributed by atoms with E-state index in [0.717, 1.165) is 23.2 Å². The fourth-order valence-electron chi connectivity index (χ4n) is 3.32. The Labute approximate surface area is 174 Å². The van der Waals surface area contributed by atoms with Gasteiger partial charge in [0.25, 0.3) is 0 Å². The van der Waals surface area contributed by atoms with Crippen molar-refractivity contribution in [2.75, 3.05) is 6.54 Å². The highest BCUT2D eigenvalue weighted by Gasteiger charge is 2.14. The molecular formula is C26H31NO2. The van der Waals surface area contributed by atoms with E-state index in [4.69, 9.17) is 0 Å². The highest BCUT2D eigenvalue weighted by atomic mass is 16.4. The minimum absolute atomic E-state index is 0.570. The van der Waals surface area contributed by atoms with Gasteiger partial charge in [-0.2, -0.15) is 0 Å². The lowest BCUT2D eigenvalue weighted by Gasteiger charge is -2.16. The number of quaternary nitrogens is 1. The van der Waals surface area contributed by atoms with Crippen molar-refractivity contribution >= 4 is 5.97 Å². The summed E-state index contributed by atoms with van der Waals surface area (Å²) in [4.78, 5) is 10.7. The molecule has 3 heteroatoms. The fraction of sp³-hybridized carbons (Fsp3) is 0.269. The van der Waals surface area contributed by atoms with Gasteiger partial charge in [0.2, 0.25) is 0 Å². The smallest absolute Gasteiger partial charge is 0.0811 e. The monoisotopic (exact) mass is 389 g/mol. The van der Waals surface area contributed by atoms with E-state index in [1.807, 2.05) is 54.6 Å². The molecule has 0 aliphatic carbocycles. The molecule has 29 heavy (non-hydrogen) atoms. The minimum Gasteiger partial charge on any atom is -0.550 e. The van der Waals surface area contributed by atoms with E-state index in [9.17, 15) is 9.90 Å². The molecule has 3 N–H and O–H groups in total. The lowest BCUT2D eigenvalue weighted by Crippen LogP contribution is -2.53. The molecule has 0 bridgehead atoms. The van der Waals surface area contributed by atoms with Crippen LogP contribution in [0, 0.1) is 5.92 Å². The molecule has 3 aromatic carbocycles. The third kappa shape index (κ3) is 6.58. The number of carboxylic acids is 1. The Balaban J connectivity index is 0.000000221. The van der Waals surface area contributed by atoms with Gasteiger partial charge in [-0.15, -0.1) is 0 Å². The maximum Gasteiger partial charge on any atom is 0.0811 e. The summed E-state index contributed by atoms with van der Waals surface area (Å²) in [6.45, 7) is 7.13. The largest absolute Gasteiger partial charge is 0.550 e. The molecule has 0 amide bonds. The zero-order valence-electron chi connectivity index (χ0n) is 17.5. The quantitative estimate of drug-likeness (QED) is 0.695. The first-order valence-corrected chi connectivity index (χ1v) is 10.1. The summed E-state index contributed by atoms with van der Waals surface area (Å²) in [6.07, 6.45) is 0. The molecular weight excluding hydrogens is 358 g/mol. The zero-order chi connectivity index (χ0) is 21.2. The lowest BCUT2D eigenvalue weighted by atomic mass is 9.89. The fourth-order valence-corrected chi connectivity index (χ4v) is 3.32. The van der Waals surface area contributed by atoms with Crippen LogP contribution in [0.2, 0.25) is 0 Å². The van der Waals surface area contributed by atoms with Gasteiger partial charge in [-0.05, 0) is 28.2 Å². The Bertz CT molecular complexity index is 858. The van der Waals surface area contributed by atoms with Crippen molar-refractivity contribution in [2.45, 2.75) is 32.6 Å². The van der Waals surface area contributed by atoms with Crippen LogP contribution >= 0.6 is 0 Å². The van der Waals surface area contributed by atoms with Crippen LogP contribution in [-0.2, 0) is 4.79 Å². The maximum absolute atomic E-state index is 10.7. The highest BCUT2D eigenvalue weighted by molar-refractivity contribution is 5.74. The summed E-state index contributed by atoms with van der Waals surface area (Å²) in [5.41, 5.74) is 8.38. The second-order valence-corrected chi connectivity index (χ2v) is 7.58. The molecule has 152 valence electrons. The molecule has 0 fully saturated rings. The highest BCUT2D eigenvalue weighted by Crippen LogP contribution is 2.23. The summed E-state index contributed by atoms with van der Waals surface area (Å²) in [7, 11) is 0. The predicted molar refractivity (Wildman–Crippen MR) is 117 cm³/mol. The average Bonchev–Trinajstić information content (AvgIpc) is 2.75. The van der Waals surface area contributed by atoms with Gasteiger partial charge in [-0.3, -0.25) is 0 Å². The molecule has 0 aromatic heterocycles. The number of carbonyl (C=O) groups is 1. The van der Waals surface area contributed by atoms with Crippen molar-refractivity contribution in [2.24, 2.45) is 5.92 Å². The van der Waals surface area contributed by atoms with Crippen LogP contribution in [0.3, 0.4) is 0 Å².